The molecule has 2 N–H and O–H groups in total. The summed E-state index contributed by atoms with van der Waals surface area (Å²) in [5, 5.41) is 7.17. The largest absolute Gasteiger partial charge is 0.383 e. The van der Waals surface area contributed by atoms with Gasteiger partial charge in [0.2, 0.25) is 0 Å². The van der Waals surface area contributed by atoms with Crippen LogP contribution in [0.1, 0.15) is 48.2 Å². The molecule has 0 saturated heterocycles. The number of carbonyl (C=O) groups is 1. The molecule has 1 aliphatic rings. The minimum Gasteiger partial charge on any atom is -0.383 e. The molecule has 3 rings (SSSR count). The number of aromatic nitrogens is 1. The molecule has 132 valence electrons. The normalized spacial score (nSPS) is 14.9. The summed E-state index contributed by atoms with van der Waals surface area (Å²) in [7, 11) is 0. The fraction of sp³-hybridized carbons (Fsp3) is 0.400. The molecule has 1 aliphatic carbocycles. The van der Waals surface area contributed by atoms with Crippen LogP contribution in [0.4, 0.5) is 5.69 Å². The van der Waals surface area contributed by atoms with Gasteiger partial charge in [0.25, 0.3) is 5.91 Å². The second kappa shape index (κ2) is 8.86. The minimum atomic E-state index is -0.0719. The maximum Gasteiger partial charge on any atom is 0.270 e. The van der Waals surface area contributed by atoms with Crippen LogP contribution in [-0.2, 0) is 6.42 Å². The maximum atomic E-state index is 12.2. The summed E-state index contributed by atoms with van der Waals surface area (Å²) in [5.41, 5.74) is 2.58. The first-order valence-corrected chi connectivity index (χ1v) is 9.34. The highest BCUT2D eigenvalue weighted by Gasteiger charge is 2.17. The van der Waals surface area contributed by atoms with Crippen LogP contribution in [0.25, 0.3) is 0 Å². The molecule has 0 atom stereocenters. The lowest BCUT2D eigenvalue weighted by atomic mass is 9.95. The molecule has 0 spiro atoms. The van der Waals surface area contributed by atoms with Crippen molar-refractivity contribution in [3.63, 3.8) is 0 Å². The zero-order valence-electron chi connectivity index (χ0n) is 14.3. The quantitative estimate of drug-likeness (QED) is 0.802. The van der Waals surface area contributed by atoms with E-state index in [1.54, 1.807) is 12.3 Å². The Morgan fingerprint density at radius 2 is 2.00 bits per heavy atom. The van der Waals surface area contributed by atoms with E-state index >= 15 is 0 Å². The molecule has 1 heterocycles. The number of benzene rings is 1. The second-order valence-electron chi connectivity index (χ2n) is 6.55. The minimum absolute atomic E-state index is 0.0719. The predicted octanol–water partition coefficient (Wildman–Crippen LogP) is 4.45. The van der Waals surface area contributed by atoms with E-state index < -0.39 is 0 Å². The van der Waals surface area contributed by atoms with E-state index in [1.807, 2.05) is 24.3 Å². The van der Waals surface area contributed by atoms with Crippen molar-refractivity contribution < 1.29 is 4.79 Å². The van der Waals surface area contributed by atoms with Gasteiger partial charge in [-0.25, -0.2) is 4.98 Å². The van der Waals surface area contributed by atoms with Gasteiger partial charge in [0.1, 0.15) is 5.69 Å². The Bertz CT molecular complexity index is 696. The van der Waals surface area contributed by atoms with E-state index in [4.69, 9.17) is 11.6 Å². The highest BCUT2D eigenvalue weighted by Crippen LogP contribution is 2.18. The summed E-state index contributed by atoms with van der Waals surface area (Å²) in [6, 6.07) is 11.8. The Balaban J connectivity index is 1.47. The predicted molar refractivity (Wildman–Crippen MR) is 102 cm³/mol. The number of halogens is 1. The summed E-state index contributed by atoms with van der Waals surface area (Å²) >= 11 is 5.99. The first-order chi connectivity index (χ1) is 12.2. The van der Waals surface area contributed by atoms with Crippen LogP contribution >= 0.6 is 11.6 Å². The van der Waals surface area contributed by atoms with Crippen LogP contribution in [0.3, 0.4) is 0 Å². The molecule has 5 heteroatoms. The highest BCUT2D eigenvalue weighted by molar-refractivity contribution is 6.30. The van der Waals surface area contributed by atoms with Gasteiger partial charge in [-0.3, -0.25) is 4.79 Å². The second-order valence-corrected chi connectivity index (χ2v) is 6.98. The monoisotopic (exact) mass is 357 g/mol. The van der Waals surface area contributed by atoms with Crippen molar-refractivity contribution in [3.05, 3.63) is 58.9 Å². The molecule has 4 nitrogen and oxygen atoms in total. The van der Waals surface area contributed by atoms with Gasteiger partial charge in [-0.05, 0) is 49.1 Å². The Hall–Kier alpha value is -2.07. The SMILES string of the molecule is O=C(NC1CCCCC1)c1ccc(NCCc2cccc(Cl)c2)cn1. The van der Waals surface area contributed by atoms with Crippen LogP contribution in [0, 0.1) is 0 Å². The van der Waals surface area contributed by atoms with E-state index in [0.29, 0.717) is 11.7 Å². The molecule has 0 aliphatic heterocycles. The highest BCUT2D eigenvalue weighted by atomic mass is 35.5. The van der Waals surface area contributed by atoms with Crippen molar-refractivity contribution in [2.24, 2.45) is 0 Å². The van der Waals surface area contributed by atoms with Gasteiger partial charge < -0.3 is 10.6 Å². The number of amides is 1. The molecule has 2 aromatic rings. The van der Waals surface area contributed by atoms with Crippen molar-refractivity contribution >= 4 is 23.2 Å². The summed E-state index contributed by atoms with van der Waals surface area (Å²) in [4.78, 5) is 16.5. The fourth-order valence-corrected chi connectivity index (χ4v) is 3.40. The van der Waals surface area contributed by atoms with Crippen LogP contribution in [0.5, 0.6) is 0 Å². The van der Waals surface area contributed by atoms with Crippen LogP contribution < -0.4 is 10.6 Å². The summed E-state index contributed by atoms with van der Waals surface area (Å²) in [6.07, 6.45) is 8.43. The van der Waals surface area contributed by atoms with Crippen LogP contribution in [0.2, 0.25) is 5.02 Å². The zero-order valence-corrected chi connectivity index (χ0v) is 15.1. The summed E-state index contributed by atoms with van der Waals surface area (Å²) < 4.78 is 0. The number of nitrogens with zero attached hydrogens (tertiary/aromatic N) is 1. The number of hydrogen-bond acceptors (Lipinski definition) is 3. The molecule has 0 radical (unpaired) electrons. The van der Waals surface area contributed by atoms with Crippen molar-refractivity contribution in [1.29, 1.82) is 0 Å². The maximum absolute atomic E-state index is 12.2. The third-order valence-corrected chi connectivity index (χ3v) is 4.80. The standard InChI is InChI=1S/C20H24ClN3O/c21-16-6-4-5-15(13-16)11-12-22-18-9-10-19(23-14-18)20(25)24-17-7-2-1-3-8-17/h4-6,9-10,13-14,17,22H,1-3,7-8,11-12H2,(H,24,25). The number of rotatable bonds is 6. The van der Waals surface area contributed by atoms with E-state index in [-0.39, 0.29) is 5.91 Å². The molecule has 1 fully saturated rings. The molecule has 1 amide bonds. The molecule has 0 unspecified atom stereocenters. The number of nitrogens with one attached hydrogen (secondary N) is 2. The smallest absolute Gasteiger partial charge is 0.270 e. The van der Waals surface area contributed by atoms with E-state index in [1.165, 1.54) is 24.8 Å². The van der Waals surface area contributed by atoms with Gasteiger partial charge in [0.15, 0.2) is 0 Å². The average Bonchev–Trinajstić information content (AvgIpc) is 2.63. The lowest BCUT2D eigenvalue weighted by molar-refractivity contribution is 0.0922. The van der Waals surface area contributed by atoms with Gasteiger partial charge in [-0.15, -0.1) is 0 Å². The van der Waals surface area contributed by atoms with Gasteiger partial charge in [0, 0.05) is 17.6 Å². The third kappa shape index (κ3) is 5.46. The lowest BCUT2D eigenvalue weighted by Crippen LogP contribution is -2.36. The topological polar surface area (TPSA) is 54.0 Å². The molecule has 25 heavy (non-hydrogen) atoms. The molecule has 1 aromatic heterocycles. The summed E-state index contributed by atoms with van der Waals surface area (Å²) in [5.74, 6) is -0.0719. The van der Waals surface area contributed by atoms with E-state index in [9.17, 15) is 4.79 Å². The molecular formula is C20H24ClN3O. The molecule has 1 saturated carbocycles. The van der Waals surface area contributed by atoms with Crippen LogP contribution in [0.15, 0.2) is 42.6 Å². The van der Waals surface area contributed by atoms with Crippen LogP contribution in [-0.4, -0.2) is 23.5 Å². The fourth-order valence-electron chi connectivity index (χ4n) is 3.18. The van der Waals surface area contributed by atoms with Crippen molar-refractivity contribution in [2.75, 3.05) is 11.9 Å². The number of hydrogen-bond donors (Lipinski definition) is 2. The van der Waals surface area contributed by atoms with Crippen molar-refractivity contribution in [3.8, 4) is 0 Å². The van der Waals surface area contributed by atoms with Crippen molar-refractivity contribution in [1.82, 2.24) is 10.3 Å². The Labute approximate surface area is 154 Å². The number of carbonyl (C=O) groups excluding carboxylic acids is 1. The average molecular weight is 358 g/mol. The molecule has 1 aromatic carbocycles. The lowest BCUT2D eigenvalue weighted by Gasteiger charge is -2.22. The van der Waals surface area contributed by atoms with Gasteiger partial charge in [-0.1, -0.05) is 43.0 Å². The van der Waals surface area contributed by atoms with E-state index in [0.717, 1.165) is 36.5 Å². The van der Waals surface area contributed by atoms with E-state index in [2.05, 4.69) is 21.7 Å². The molecular weight excluding hydrogens is 334 g/mol. The Morgan fingerprint density at radius 3 is 2.72 bits per heavy atom. The third-order valence-electron chi connectivity index (χ3n) is 4.57. The van der Waals surface area contributed by atoms with Crippen molar-refractivity contribution in [2.45, 2.75) is 44.6 Å². The summed E-state index contributed by atoms with van der Waals surface area (Å²) in [6.45, 7) is 0.787. The zero-order chi connectivity index (χ0) is 17.5. The van der Waals surface area contributed by atoms with Gasteiger partial charge in [0.05, 0.1) is 11.9 Å². The van der Waals surface area contributed by atoms with Gasteiger partial charge >= 0.3 is 0 Å². The van der Waals surface area contributed by atoms with Gasteiger partial charge in [-0.2, -0.15) is 0 Å². The molecule has 0 bridgehead atoms. The Morgan fingerprint density at radius 1 is 1.16 bits per heavy atom. The number of anilines is 1. The first-order valence-electron chi connectivity index (χ1n) is 8.96. The first kappa shape index (κ1) is 17.7. The number of pyridine rings is 1. The Kier molecular flexibility index (Phi) is 6.29.